The fourth-order valence-electron chi connectivity index (χ4n) is 2.87. The zero-order valence-corrected chi connectivity index (χ0v) is 8.46. The summed E-state index contributed by atoms with van der Waals surface area (Å²) in [5, 5.41) is 0. The molecule has 76 valence electrons. The van der Waals surface area contributed by atoms with Gasteiger partial charge in [0.05, 0.1) is 5.60 Å². The predicted molar refractivity (Wildman–Crippen MR) is 52.6 cm³/mol. The lowest BCUT2D eigenvalue weighted by Gasteiger charge is -2.52. The first-order valence-electron chi connectivity index (χ1n) is 5.37. The molecule has 2 bridgehead atoms. The molecule has 0 aromatic heterocycles. The zero-order valence-electron chi connectivity index (χ0n) is 8.46. The van der Waals surface area contributed by atoms with Crippen molar-refractivity contribution >= 4 is 0 Å². The van der Waals surface area contributed by atoms with Crippen molar-refractivity contribution in [2.24, 2.45) is 11.7 Å². The van der Waals surface area contributed by atoms with Crippen molar-refractivity contribution in [3.63, 3.8) is 0 Å². The average molecular weight is 184 g/mol. The molecule has 0 amide bonds. The second-order valence-corrected chi connectivity index (χ2v) is 4.25. The Morgan fingerprint density at radius 3 is 2.54 bits per heavy atom. The molecule has 3 fully saturated rings. The molecule has 13 heavy (non-hydrogen) atoms. The van der Waals surface area contributed by atoms with E-state index in [9.17, 15) is 0 Å². The maximum absolute atomic E-state index is 5.89. The molecule has 3 rings (SSSR count). The molecule has 3 heterocycles. The van der Waals surface area contributed by atoms with Gasteiger partial charge in [0.1, 0.15) is 0 Å². The van der Waals surface area contributed by atoms with E-state index in [2.05, 4.69) is 11.8 Å². The van der Waals surface area contributed by atoms with Gasteiger partial charge in [-0.2, -0.15) is 0 Å². The quantitative estimate of drug-likeness (QED) is 0.692. The number of rotatable bonds is 3. The van der Waals surface area contributed by atoms with Crippen molar-refractivity contribution in [1.82, 2.24) is 4.90 Å². The smallest absolute Gasteiger partial charge is 0.0958 e. The standard InChI is InChI=1S/C10H20N2O/c1-2-13-10(7-11)8-12-5-3-9(10)4-6-12/h9H,2-8,11H2,1H3. The van der Waals surface area contributed by atoms with Gasteiger partial charge in [0.25, 0.3) is 0 Å². The Balaban J connectivity index is 2.10. The molecular weight excluding hydrogens is 164 g/mol. The lowest BCUT2D eigenvalue weighted by molar-refractivity contribution is -0.143. The average Bonchev–Trinajstić information content (AvgIpc) is 2.20. The molecule has 3 nitrogen and oxygen atoms in total. The Bertz CT molecular complexity index is 178. The number of fused-ring (bicyclic) bond motifs is 3. The van der Waals surface area contributed by atoms with Crippen molar-refractivity contribution < 1.29 is 4.74 Å². The van der Waals surface area contributed by atoms with Crippen molar-refractivity contribution in [2.75, 3.05) is 32.8 Å². The van der Waals surface area contributed by atoms with Gasteiger partial charge in [-0.3, -0.25) is 0 Å². The van der Waals surface area contributed by atoms with Gasteiger partial charge in [0.15, 0.2) is 0 Å². The first-order chi connectivity index (χ1) is 6.30. The fourth-order valence-corrected chi connectivity index (χ4v) is 2.87. The Hall–Kier alpha value is -0.120. The molecule has 1 atom stereocenters. The van der Waals surface area contributed by atoms with Crippen LogP contribution in [0.2, 0.25) is 0 Å². The highest BCUT2D eigenvalue weighted by Crippen LogP contribution is 2.37. The normalized spacial score (nSPS) is 43.8. The van der Waals surface area contributed by atoms with Crippen molar-refractivity contribution in [1.29, 1.82) is 0 Å². The van der Waals surface area contributed by atoms with E-state index >= 15 is 0 Å². The zero-order chi connectivity index (χ0) is 9.31. The summed E-state index contributed by atoms with van der Waals surface area (Å²) in [6.45, 7) is 7.10. The molecule has 3 aliphatic rings. The fraction of sp³-hybridized carbons (Fsp3) is 1.00. The van der Waals surface area contributed by atoms with Crippen LogP contribution in [0.4, 0.5) is 0 Å². The lowest BCUT2D eigenvalue weighted by atomic mass is 9.75. The molecule has 1 unspecified atom stereocenters. The van der Waals surface area contributed by atoms with Gasteiger partial charge in [0, 0.05) is 19.7 Å². The van der Waals surface area contributed by atoms with Crippen LogP contribution in [0.25, 0.3) is 0 Å². The van der Waals surface area contributed by atoms with E-state index in [-0.39, 0.29) is 5.60 Å². The van der Waals surface area contributed by atoms with Crippen molar-refractivity contribution in [2.45, 2.75) is 25.4 Å². The SMILES string of the molecule is CCOC1(CN)CN2CCC1CC2. The highest BCUT2D eigenvalue weighted by Gasteiger charge is 2.46. The van der Waals surface area contributed by atoms with Gasteiger partial charge >= 0.3 is 0 Å². The summed E-state index contributed by atoms with van der Waals surface area (Å²) in [4.78, 5) is 2.49. The molecular formula is C10H20N2O. The molecule has 0 aromatic carbocycles. The summed E-state index contributed by atoms with van der Waals surface area (Å²) in [6.07, 6.45) is 2.55. The highest BCUT2D eigenvalue weighted by atomic mass is 16.5. The van der Waals surface area contributed by atoms with Gasteiger partial charge < -0.3 is 15.4 Å². The van der Waals surface area contributed by atoms with E-state index in [1.165, 1.54) is 25.9 Å². The minimum absolute atomic E-state index is 0.00868. The van der Waals surface area contributed by atoms with Crippen molar-refractivity contribution in [3.05, 3.63) is 0 Å². The van der Waals surface area contributed by atoms with E-state index < -0.39 is 0 Å². The summed E-state index contributed by atoms with van der Waals surface area (Å²) in [6, 6.07) is 0. The predicted octanol–water partition coefficient (Wildman–Crippen LogP) is 0.446. The lowest BCUT2D eigenvalue weighted by Crippen LogP contribution is -2.63. The van der Waals surface area contributed by atoms with E-state index in [0.29, 0.717) is 12.5 Å². The number of hydrogen-bond acceptors (Lipinski definition) is 3. The minimum Gasteiger partial charge on any atom is -0.372 e. The van der Waals surface area contributed by atoms with Gasteiger partial charge in [-0.1, -0.05) is 0 Å². The Labute approximate surface area is 80.2 Å². The van der Waals surface area contributed by atoms with E-state index in [1.54, 1.807) is 0 Å². The largest absolute Gasteiger partial charge is 0.372 e. The van der Waals surface area contributed by atoms with Crippen LogP contribution in [-0.2, 0) is 4.74 Å². The summed E-state index contributed by atoms with van der Waals surface area (Å²) in [7, 11) is 0. The van der Waals surface area contributed by atoms with Crippen LogP contribution < -0.4 is 5.73 Å². The van der Waals surface area contributed by atoms with Crippen LogP contribution in [0.3, 0.4) is 0 Å². The van der Waals surface area contributed by atoms with E-state index in [0.717, 1.165) is 13.2 Å². The highest BCUT2D eigenvalue weighted by molar-refractivity contribution is 5.00. The number of piperidine rings is 3. The summed E-state index contributed by atoms with van der Waals surface area (Å²) in [5.74, 6) is 0.711. The van der Waals surface area contributed by atoms with E-state index in [4.69, 9.17) is 10.5 Å². The molecule has 3 saturated heterocycles. The third-order valence-electron chi connectivity index (χ3n) is 3.60. The number of ether oxygens (including phenoxy) is 1. The topological polar surface area (TPSA) is 38.5 Å². The second-order valence-electron chi connectivity index (χ2n) is 4.25. The Kier molecular flexibility index (Phi) is 2.58. The van der Waals surface area contributed by atoms with Crippen LogP contribution in [0, 0.1) is 5.92 Å². The third-order valence-corrected chi connectivity index (χ3v) is 3.60. The maximum Gasteiger partial charge on any atom is 0.0958 e. The second kappa shape index (κ2) is 3.56. The number of nitrogens with two attached hydrogens (primary N) is 1. The third kappa shape index (κ3) is 1.49. The maximum atomic E-state index is 5.89. The molecule has 0 radical (unpaired) electrons. The Morgan fingerprint density at radius 1 is 1.46 bits per heavy atom. The molecule has 2 N–H and O–H groups in total. The summed E-state index contributed by atoms with van der Waals surface area (Å²) < 4.78 is 5.89. The molecule has 0 saturated carbocycles. The monoisotopic (exact) mass is 184 g/mol. The number of hydrogen-bond donors (Lipinski definition) is 1. The molecule has 0 spiro atoms. The minimum atomic E-state index is -0.00868. The number of nitrogens with zero attached hydrogens (tertiary/aromatic N) is 1. The van der Waals surface area contributed by atoms with Crippen LogP contribution in [0.1, 0.15) is 19.8 Å². The van der Waals surface area contributed by atoms with Gasteiger partial charge in [0.2, 0.25) is 0 Å². The van der Waals surface area contributed by atoms with Gasteiger partial charge in [-0.05, 0) is 38.8 Å². The van der Waals surface area contributed by atoms with E-state index in [1.807, 2.05) is 0 Å². The van der Waals surface area contributed by atoms with Crippen LogP contribution in [-0.4, -0.2) is 43.3 Å². The molecule has 0 aliphatic carbocycles. The summed E-state index contributed by atoms with van der Waals surface area (Å²) in [5.41, 5.74) is 5.85. The van der Waals surface area contributed by atoms with Crippen LogP contribution >= 0.6 is 0 Å². The first kappa shape index (κ1) is 9.44. The summed E-state index contributed by atoms with van der Waals surface area (Å²) >= 11 is 0. The van der Waals surface area contributed by atoms with Crippen LogP contribution in [0.15, 0.2) is 0 Å². The molecule has 3 heteroatoms. The first-order valence-corrected chi connectivity index (χ1v) is 5.37. The van der Waals surface area contributed by atoms with Gasteiger partial charge in [-0.15, -0.1) is 0 Å². The van der Waals surface area contributed by atoms with Crippen LogP contribution in [0.5, 0.6) is 0 Å². The Morgan fingerprint density at radius 2 is 2.15 bits per heavy atom. The molecule has 3 aliphatic heterocycles. The van der Waals surface area contributed by atoms with Crippen molar-refractivity contribution in [3.8, 4) is 0 Å². The van der Waals surface area contributed by atoms with Gasteiger partial charge in [-0.25, -0.2) is 0 Å². The molecule has 0 aromatic rings.